The van der Waals surface area contributed by atoms with Gasteiger partial charge in [-0.15, -0.1) is 0 Å². The number of hydrogen-bond acceptors (Lipinski definition) is 12. The Kier molecular flexibility index (Phi) is 9.61. The van der Waals surface area contributed by atoms with Crippen LogP contribution in [-0.2, 0) is 49.0 Å². The fourth-order valence-electron chi connectivity index (χ4n) is 14.3. The number of rotatable bonds is 8. The van der Waals surface area contributed by atoms with E-state index in [1.165, 1.54) is 26.0 Å². The topological polar surface area (TPSA) is 148 Å². The van der Waals surface area contributed by atoms with Crippen LogP contribution in [0.5, 0.6) is 5.75 Å². The minimum absolute atomic E-state index is 0.102. The largest absolute Gasteiger partial charge is 0.496 e. The Hall–Kier alpha value is -3.77. The van der Waals surface area contributed by atoms with E-state index in [1.54, 1.807) is 7.11 Å². The number of nitrogens with zero attached hydrogens (tertiary/aromatic N) is 3. The van der Waals surface area contributed by atoms with E-state index in [2.05, 4.69) is 69.7 Å². The number of piperidine rings is 1. The number of benzene rings is 2. The molecule has 15 heteroatoms. The Morgan fingerprint density at radius 2 is 1.81 bits per heavy atom. The maximum atomic E-state index is 15.5. The highest BCUT2D eigenvalue weighted by atomic mass is 127. The number of esters is 3. The Morgan fingerprint density at radius 1 is 1.03 bits per heavy atom. The van der Waals surface area contributed by atoms with E-state index in [4.69, 9.17) is 23.7 Å². The summed E-state index contributed by atoms with van der Waals surface area (Å²) in [5.41, 5.74) is -0.442. The summed E-state index contributed by atoms with van der Waals surface area (Å²) in [5.74, 6) is -1.43. The number of fused-ring (bicyclic) bond motifs is 5. The van der Waals surface area contributed by atoms with Gasteiger partial charge in [-0.05, 0) is 109 Å². The van der Waals surface area contributed by atoms with Crippen LogP contribution < -0.4 is 15.1 Å². The predicted octanol–water partition coefficient (Wildman–Crippen LogP) is 3.60. The number of amides is 1. The average molecular weight is 960 g/mol. The lowest BCUT2D eigenvalue weighted by atomic mass is 9.48. The number of aliphatic hydroxyl groups is 1. The first kappa shape index (κ1) is 42.2. The monoisotopic (exact) mass is 959 g/mol. The Morgan fingerprint density at radius 3 is 2.48 bits per heavy atom. The van der Waals surface area contributed by atoms with Crippen molar-refractivity contribution in [3.63, 3.8) is 0 Å². The second-order valence-corrected chi connectivity index (χ2v) is 20.3. The standard InChI is InChI=1S/C47H55BIN3O10/c1-8-42(57)21-28-22-44(40(55)59-6,37-29(11-15-50(23-28)24-42)30-17-26(3)34(49)19-33(30)48-37)32-18-31-35(20-36(32)58-5)52(25-53)47-45(31)13-16-51-14-10-12-43(9-2,38(45)51)39(61-27(4)54)46(47,62-47)41(56)60-7/h10,12,17-20,25,28,38-39,48,57H,8-9,11,13-16,21-24H2,1-7H3/t28-,38+,39-,42+,43-,44+,45-,46+,47+/m1/s1. The lowest BCUT2D eigenvalue weighted by Gasteiger charge is -2.58. The number of hydrogen-bond donors (Lipinski definition) is 1. The molecule has 328 valence electrons. The third-order valence-electron chi connectivity index (χ3n) is 16.6. The molecule has 8 aliphatic rings. The maximum absolute atomic E-state index is 15.5. The third kappa shape index (κ3) is 5.00. The molecular formula is C47H55BIN3O10. The molecule has 2 spiro atoms. The molecule has 0 aromatic heterocycles. The molecule has 7 heterocycles. The number of anilines is 1. The number of aryl methyl sites for hydroxylation is 1. The van der Waals surface area contributed by atoms with Gasteiger partial charge in [0, 0.05) is 59.8 Å². The normalized spacial score (nSPS) is 38.1. The molecule has 4 fully saturated rings. The third-order valence-corrected chi connectivity index (χ3v) is 17.8. The molecule has 2 aromatic rings. The molecule has 2 bridgehead atoms. The number of halogens is 1. The van der Waals surface area contributed by atoms with Gasteiger partial charge in [0.05, 0.1) is 38.0 Å². The molecule has 13 nitrogen and oxygen atoms in total. The zero-order valence-electron chi connectivity index (χ0n) is 36.6. The summed E-state index contributed by atoms with van der Waals surface area (Å²) in [6, 6.07) is 8.00. The van der Waals surface area contributed by atoms with Gasteiger partial charge in [0.15, 0.2) is 13.4 Å². The fraction of sp³-hybridized carbons (Fsp3) is 0.574. The van der Waals surface area contributed by atoms with E-state index in [1.807, 2.05) is 19.9 Å². The first-order valence-electron chi connectivity index (χ1n) is 22.1. The maximum Gasteiger partial charge on any atom is 0.347 e. The van der Waals surface area contributed by atoms with E-state index in [0.29, 0.717) is 95.4 Å². The van der Waals surface area contributed by atoms with Crippen molar-refractivity contribution in [1.29, 1.82) is 0 Å². The van der Waals surface area contributed by atoms with Crippen LogP contribution in [0.15, 0.2) is 41.9 Å². The molecule has 1 N–H and O–H groups in total. The smallest absolute Gasteiger partial charge is 0.347 e. The highest BCUT2D eigenvalue weighted by Gasteiger charge is 2.99. The van der Waals surface area contributed by atoms with Crippen LogP contribution in [0.1, 0.15) is 81.5 Å². The molecule has 7 aliphatic heterocycles. The Labute approximate surface area is 376 Å². The van der Waals surface area contributed by atoms with Crippen LogP contribution >= 0.6 is 22.6 Å². The van der Waals surface area contributed by atoms with Crippen molar-refractivity contribution in [2.45, 2.75) is 106 Å². The van der Waals surface area contributed by atoms with Crippen LogP contribution in [0.3, 0.4) is 0 Å². The number of methoxy groups -OCH3 is 3. The van der Waals surface area contributed by atoms with Gasteiger partial charge in [-0.1, -0.05) is 49.1 Å². The Bertz CT molecular complexity index is 2410. The fourth-order valence-corrected chi connectivity index (χ4v) is 14.8. The van der Waals surface area contributed by atoms with Gasteiger partial charge in [-0.3, -0.25) is 29.1 Å². The summed E-state index contributed by atoms with van der Waals surface area (Å²) >= 11 is 2.39. The van der Waals surface area contributed by atoms with Crippen LogP contribution in [0.2, 0.25) is 0 Å². The van der Waals surface area contributed by atoms with Gasteiger partial charge in [0.25, 0.3) is 5.60 Å². The first-order valence-corrected chi connectivity index (χ1v) is 23.1. The van der Waals surface area contributed by atoms with Gasteiger partial charge in [-0.25, -0.2) is 4.79 Å². The van der Waals surface area contributed by atoms with Crippen molar-refractivity contribution < 1.29 is 48.0 Å². The molecule has 1 unspecified atom stereocenters. The van der Waals surface area contributed by atoms with Crippen molar-refractivity contribution in [1.82, 2.24) is 9.80 Å². The quantitative estimate of drug-likeness (QED) is 0.0785. The SMILES string of the molecule is CC[C@]1(O)C[C@H]2CN(CCC3=C(Bc4cc(I)c(C)cc43)[C@@](C(=O)OC)(c3cc4c(cc3OC)N(C=O)[C@@]35O[C@]3(C(=O)OC)[C@H](OC(C)=O)[C@]3(CC)C=CCN6CC[C@]45[C@@H]63)C2)C1. The minimum atomic E-state index is -1.88. The average Bonchev–Trinajstić information content (AvgIpc) is 3.48. The highest BCUT2D eigenvalue weighted by molar-refractivity contribution is 14.1. The predicted molar refractivity (Wildman–Crippen MR) is 239 cm³/mol. The van der Waals surface area contributed by atoms with Crippen molar-refractivity contribution in [3.8, 4) is 5.75 Å². The number of carbonyl (C=O) groups is 4. The second kappa shape index (κ2) is 14.1. The molecule has 0 radical (unpaired) electrons. The number of ether oxygens (including phenoxy) is 5. The van der Waals surface area contributed by atoms with Crippen LogP contribution in [0, 0.1) is 21.8 Å². The summed E-state index contributed by atoms with van der Waals surface area (Å²) in [5, 5.41) is 12.1. The first-order chi connectivity index (χ1) is 29.6. The number of epoxide rings is 1. The zero-order chi connectivity index (χ0) is 43.9. The van der Waals surface area contributed by atoms with E-state index in [-0.39, 0.29) is 5.92 Å². The van der Waals surface area contributed by atoms with Crippen LogP contribution in [0.4, 0.5) is 5.69 Å². The van der Waals surface area contributed by atoms with E-state index < -0.39 is 63.2 Å². The van der Waals surface area contributed by atoms with Crippen molar-refractivity contribution in [3.05, 3.63) is 67.7 Å². The van der Waals surface area contributed by atoms with Crippen LogP contribution in [-0.4, -0.2) is 130 Å². The molecule has 62 heavy (non-hydrogen) atoms. The lowest BCUT2D eigenvalue weighted by Crippen LogP contribution is -2.75. The highest BCUT2D eigenvalue weighted by Crippen LogP contribution is 2.80. The van der Waals surface area contributed by atoms with Gasteiger partial charge in [0.1, 0.15) is 11.2 Å². The van der Waals surface area contributed by atoms with Gasteiger partial charge in [0.2, 0.25) is 12.1 Å². The van der Waals surface area contributed by atoms with Gasteiger partial charge < -0.3 is 28.8 Å². The van der Waals surface area contributed by atoms with E-state index in [0.717, 1.165) is 43.3 Å². The molecule has 1 amide bonds. The molecule has 10 rings (SSSR count). The van der Waals surface area contributed by atoms with Crippen molar-refractivity contribution >= 4 is 70.9 Å². The molecule has 10 atom stereocenters. The molecule has 1 saturated carbocycles. The summed E-state index contributed by atoms with van der Waals surface area (Å²) in [6.07, 6.45) is 6.84. The summed E-state index contributed by atoms with van der Waals surface area (Å²) in [7, 11) is 4.83. The van der Waals surface area contributed by atoms with Crippen LogP contribution in [0.25, 0.3) is 5.57 Å². The van der Waals surface area contributed by atoms with Gasteiger partial charge >= 0.3 is 17.9 Å². The lowest BCUT2D eigenvalue weighted by molar-refractivity contribution is -0.178. The zero-order valence-corrected chi connectivity index (χ0v) is 38.8. The number of carbonyl (C=O) groups excluding carboxylic acids is 4. The van der Waals surface area contributed by atoms with Crippen molar-refractivity contribution in [2.24, 2.45) is 11.3 Å². The summed E-state index contributed by atoms with van der Waals surface area (Å²) in [4.78, 5) is 63.4. The molecule has 2 aromatic carbocycles. The van der Waals surface area contributed by atoms with Crippen molar-refractivity contribution in [2.75, 3.05) is 59.0 Å². The minimum Gasteiger partial charge on any atom is -0.496 e. The summed E-state index contributed by atoms with van der Waals surface area (Å²) < 4.78 is 32.4. The second-order valence-electron chi connectivity index (χ2n) is 19.1. The van der Waals surface area contributed by atoms with E-state index >= 15 is 4.79 Å². The van der Waals surface area contributed by atoms with Gasteiger partial charge in [-0.2, -0.15) is 0 Å². The molecule has 1 aliphatic carbocycles. The summed E-state index contributed by atoms with van der Waals surface area (Å²) in [6.45, 7) is 10.7. The molecule has 3 saturated heterocycles. The Balaban J connectivity index is 1.29. The molecular weight excluding hydrogens is 904 g/mol. The van der Waals surface area contributed by atoms with E-state index in [9.17, 15) is 19.5 Å².